The molecule has 27 heavy (non-hydrogen) atoms. The van der Waals surface area contributed by atoms with E-state index in [1.807, 2.05) is 6.07 Å². The van der Waals surface area contributed by atoms with Gasteiger partial charge in [0.15, 0.2) is 5.78 Å². The Morgan fingerprint density at radius 2 is 1.63 bits per heavy atom. The maximum absolute atomic E-state index is 12.8. The molecule has 0 heterocycles. The number of anilines is 1. The molecule has 0 aromatic heterocycles. The first-order valence-electron chi connectivity index (χ1n) is 8.62. The largest absolute Gasteiger partial charge is 0.444 e. The van der Waals surface area contributed by atoms with E-state index < -0.39 is 23.6 Å². The summed E-state index contributed by atoms with van der Waals surface area (Å²) in [7, 11) is 0. The van der Waals surface area contributed by atoms with Crippen LogP contribution in [0.25, 0.3) is 0 Å². The van der Waals surface area contributed by atoms with Crippen molar-refractivity contribution >= 4 is 23.5 Å². The highest BCUT2D eigenvalue weighted by atomic mass is 16.6. The van der Waals surface area contributed by atoms with Crippen molar-refractivity contribution in [1.29, 1.82) is 0 Å². The summed E-state index contributed by atoms with van der Waals surface area (Å²) in [4.78, 5) is 36.5. The van der Waals surface area contributed by atoms with Gasteiger partial charge >= 0.3 is 6.09 Å². The lowest BCUT2D eigenvalue weighted by atomic mass is 10.1. The van der Waals surface area contributed by atoms with Crippen molar-refractivity contribution in [2.24, 2.45) is 0 Å². The van der Waals surface area contributed by atoms with E-state index in [0.717, 1.165) is 0 Å². The minimum atomic E-state index is -0.943. The highest BCUT2D eigenvalue weighted by Crippen LogP contribution is 2.18. The zero-order valence-electron chi connectivity index (χ0n) is 15.9. The van der Waals surface area contributed by atoms with Crippen LogP contribution >= 0.6 is 0 Å². The third kappa shape index (κ3) is 6.26. The summed E-state index contributed by atoms with van der Waals surface area (Å²) in [6.07, 6.45) is -0.691. The van der Waals surface area contributed by atoms with Gasteiger partial charge < -0.3 is 15.4 Å². The minimum Gasteiger partial charge on any atom is -0.444 e. The van der Waals surface area contributed by atoms with Crippen LogP contribution in [0.2, 0.25) is 0 Å². The number of hydrogen-bond acceptors (Lipinski definition) is 4. The molecule has 0 saturated heterocycles. The average Bonchev–Trinajstić information content (AvgIpc) is 2.59. The number of benzene rings is 2. The topological polar surface area (TPSA) is 84.5 Å². The average molecular weight is 368 g/mol. The fourth-order valence-corrected chi connectivity index (χ4v) is 2.40. The van der Waals surface area contributed by atoms with E-state index in [1.165, 1.54) is 6.92 Å². The second kappa shape index (κ2) is 8.49. The SMILES string of the molecule is CC(=O)c1cccc(NC(=O)[C@@H](NC(=O)OC(C)(C)C)c2ccccc2)c1. The molecule has 0 aliphatic carbocycles. The molecule has 2 aromatic rings. The molecule has 2 amide bonds. The normalized spacial score (nSPS) is 12.0. The molecule has 0 saturated carbocycles. The van der Waals surface area contributed by atoms with E-state index in [2.05, 4.69) is 10.6 Å². The Labute approximate surface area is 158 Å². The van der Waals surface area contributed by atoms with Crippen LogP contribution in [-0.4, -0.2) is 23.4 Å². The fraction of sp³-hybridized carbons (Fsp3) is 0.286. The van der Waals surface area contributed by atoms with Gasteiger partial charge in [0, 0.05) is 11.3 Å². The number of Topliss-reactive ketones (excluding diaryl/α,β-unsaturated/α-hetero) is 1. The van der Waals surface area contributed by atoms with Crippen molar-refractivity contribution in [2.75, 3.05) is 5.32 Å². The summed E-state index contributed by atoms with van der Waals surface area (Å²) in [5.41, 5.74) is 0.893. The monoisotopic (exact) mass is 368 g/mol. The number of amides is 2. The molecule has 0 aliphatic rings. The molecule has 6 heteroatoms. The number of carbonyl (C=O) groups is 3. The lowest BCUT2D eigenvalue weighted by Gasteiger charge is -2.23. The van der Waals surface area contributed by atoms with Gasteiger partial charge in [-0.2, -0.15) is 0 Å². The van der Waals surface area contributed by atoms with Gasteiger partial charge in [-0.25, -0.2) is 4.79 Å². The zero-order chi connectivity index (χ0) is 20.0. The highest BCUT2D eigenvalue weighted by Gasteiger charge is 2.26. The number of rotatable bonds is 5. The highest BCUT2D eigenvalue weighted by molar-refractivity contribution is 5.99. The van der Waals surface area contributed by atoms with E-state index in [-0.39, 0.29) is 5.78 Å². The first kappa shape index (κ1) is 20.2. The van der Waals surface area contributed by atoms with Crippen molar-refractivity contribution < 1.29 is 19.1 Å². The molecule has 0 radical (unpaired) electrons. The molecule has 0 bridgehead atoms. The molecule has 0 spiro atoms. The minimum absolute atomic E-state index is 0.0995. The Hall–Kier alpha value is -3.15. The van der Waals surface area contributed by atoms with Crippen LogP contribution in [0, 0.1) is 0 Å². The van der Waals surface area contributed by atoms with Gasteiger partial charge in [0.1, 0.15) is 11.6 Å². The molecule has 0 unspecified atom stereocenters. The standard InChI is InChI=1S/C21H24N2O4/c1-14(24)16-11-8-12-17(13-16)22-19(25)18(15-9-6-5-7-10-15)23-20(26)27-21(2,3)4/h5-13,18H,1-4H3,(H,22,25)(H,23,26)/t18-/m0/s1. The third-order valence-corrected chi connectivity index (χ3v) is 3.59. The molecule has 0 aliphatic heterocycles. The van der Waals surface area contributed by atoms with E-state index in [1.54, 1.807) is 69.3 Å². The number of hydrogen-bond donors (Lipinski definition) is 2. The molecular weight excluding hydrogens is 344 g/mol. The van der Waals surface area contributed by atoms with Crippen molar-refractivity contribution in [2.45, 2.75) is 39.3 Å². The van der Waals surface area contributed by atoms with Crippen LogP contribution in [-0.2, 0) is 9.53 Å². The maximum atomic E-state index is 12.8. The number of ether oxygens (including phenoxy) is 1. The summed E-state index contributed by atoms with van der Waals surface area (Å²) < 4.78 is 5.27. The van der Waals surface area contributed by atoms with Crippen LogP contribution in [0.3, 0.4) is 0 Å². The smallest absolute Gasteiger partial charge is 0.408 e. The maximum Gasteiger partial charge on any atom is 0.408 e. The second-order valence-corrected chi connectivity index (χ2v) is 7.12. The van der Waals surface area contributed by atoms with Gasteiger partial charge in [-0.05, 0) is 45.4 Å². The Bertz CT molecular complexity index is 826. The molecular formula is C21H24N2O4. The van der Waals surface area contributed by atoms with E-state index >= 15 is 0 Å². The second-order valence-electron chi connectivity index (χ2n) is 7.12. The van der Waals surface area contributed by atoms with E-state index in [0.29, 0.717) is 16.8 Å². The zero-order valence-corrected chi connectivity index (χ0v) is 15.9. The predicted molar refractivity (Wildman–Crippen MR) is 104 cm³/mol. The molecule has 6 nitrogen and oxygen atoms in total. The van der Waals surface area contributed by atoms with Crippen LogP contribution < -0.4 is 10.6 Å². The Morgan fingerprint density at radius 3 is 2.22 bits per heavy atom. The van der Waals surface area contributed by atoms with E-state index in [9.17, 15) is 14.4 Å². The lowest BCUT2D eigenvalue weighted by Crippen LogP contribution is -2.40. The number of carbonyl (C=O) groups excluding carboxylic acids is 3. The van der Waals surface area contributed by atoms with Crippen molar-refractivity contribution in [3.8, 4) is 0 Å². The van der Waals surface area contributed by atoms with Crippen LogP contribution in [0.15, 0.2) is 54.6 Å². The van der Waals surface area contributed by atoms with Crippen molar-refractivity contribution in [3.63, 3.8) is 0 Å². The number of ketones is 1. The lowest BCUT2D eigenvalue weighted by molar-refractivity contribution is -0.118. The van der Waals surface area contributed by atoms with Gasteiger partial charge in [0.05, 0.1) is 0 Å². The number of nitrogens with one attached hydrogen (secondary N) is 2. The van der Waals surface area contributed by atoms with Gasteiger partial charge in [0.2, 0.25) is 0 Å². The van der Waals surface area contributed by atoms with Gasteiger partial charge in [-0.15, -0.1) is 0 Å². The van der Waals surface area contributed by atoms with E-state index in [4.69, 9.17) is 4.74 Å². The Balaban J connectivity index is 2.22. The molecule has 142 valence electrons. The van der Waals surface area contributed by atoms with Crippen LogP contribution in [0.1, 0.15) is 49.7 Å². The fourth-order valence-electron chi connectivity index (χ4n) is 2.40. The summed E-state index contributed by atoms with van der Waals surface area (Å²) in [5, 5.41) is 5.35. The predicted octanol–water partition coefficient (Wildman–Crippen LogP) is 4.09. The third-order valence-electron chi connectivity index (χ3n) is 3.59. The molecule has 0 fully saturated rings. The summed E-state index contributed by atoms with van der Waals surface area (Å²) in [6, 6.07) is 14.6. The number of alkyl carbamates (subject to hydrolysis) is 1. The quantitative estimate of drug-likeness (QED) is 0.779. The first-order chi connectivity index (χ1) is 12.7. The van der Waals surface area contributed by atoms with Gasteiger partial charge in [-0.3, -0.25) is 9.59 Å². The van der Waals surface area contributed by atoms with Crippen molar-refractivity contribution in [1.82, 2.24) is 5.32 Å². The van der Waals surface area contributed by atoms with Crippen molar-refractivity contribution in [3.05, 3.63) is 65.7 Å². The Kier molecular flexibility index (Phi) is 6.34. The molecule has 2 rings (SSSR count). The van der Waals surface area contributed by atoms with Gasteiger partial charge in [-0.1, -0.05) is 42.5 Å². The molecule has 2 aromatic carbocycles. The summed E-state index contributed by atoms with van der Waals surface area (Å²) >= 11 is 0. The van der Waals surface area contributed by atoms with Crippen LogP contribution in [0.4, 0.5) is 10.5 Å². The summed E-state index contributed by atoms with van der Waals surface area (Å²) in [6.45, 7) is 6.70. The Morgan fingerprint density at radius 1 is 0.963 bits per heavy atom. The summed E-state index contributed by atoms with van der Waals surface area (Å²) in [5.74, 6) is -0.537. The first-order valence-corrected chi connectivity index (χ1v) is 8.62. The molecule has 1 atom stereocenters. The molecule has 2 N–H and O–H groups in total. The van der Waals surface area contributed by atoms with Gasteiger partial charge in [0.25, 0.3) is 5.91 Å². The van der Waals surface area contributed by atoms with Crippen LogP contribution in [0.5, 0.6) is 0 Å².